The quantitative estimate of drug-likeness (QED) is 0.240. The van der Waals surface area contributed by atoms with Gasteiger partial charge in [-0.15, -0.1) is 0 Å². The van der Waals surface area contributed by atoms with E-state index < -0.39 is 0 Å². The van der Waals surface area contributed by atoms with Crippen LogP contribution in [-0.2, 0) is 0 Å². The molecule has 92 valence electrons. The Labute approximate surface area is 94.6 Å². The lowest BCUT2D eigenvalue weighted by Crippen LogP contribution is -2.90. The molecule has 0 aliphatic carbocycles. The van der Waals surface area contributed by atoms with Crippen molar-refractivity contribution >= 4 is 0 Å². The third kappa shape index (κ3) is 13.8. The van der Waals surface area contributed by atoms with Gasteiger partial charge in [0.2, 0.25) is 0 Å². The molecule has 0 fully saturated rings. The Morgan fingerprint density at radius 1 is 0.533 bits per heavy atom. The molecule has 0 aliphatic heterocycles. The summed E-state index contributed by atoms with van der Waals surface area (Å²) >= 11 is 0. The van der Waals surface area contributed by atoms with Gasteiger partial charge in [-0.05, 0) is 0 Å². The normalized spacial score (nSPS) is 10.8. The molecule has 0 amide bonds. The van der Waals surface area contributed by atoms with Gasteiger partial charge in [-0.2, -0.15) is 0 Å². The van der Waals surface area contributed by atoms with Gasteiger partial charge in [0.05, 0.1) is 53.4 Å². The molecule has 8 N–H and O–H groups in total. The highest BCUT2D eigenvalue weighted by atomic mass is 14.9. The van der Waals surface area contributed by atoms with Crippen LogP contribution in [0.4, 0.5) is 0 Å². The summed E-state index contributed by atoms with van der Waals surface area (Å²) in [5.74, 6) is 0. The van der Waals surface area contributed by atoms with Crippen molar-refractivity contribution in [2.75, 3.05) is 53.4 Å². The van der Waals surface area contributed by atoms with E-state index in [0.29, 0.717) is 0 Å². The van der Waals surface area contributed by atoms with Gasteiger partial charge < -0.3 is 21.3 Å². The summed E-state index contributed by atoms with van der Waals surface area (Å²) < 4.78 is 0. The summed E-state index contributed by atoms with van der Waals surface area (Å²) in [5, 5.41) is 9.42. The lowest BCUT2D eigenvalue weighted by Gasteiger charge is -2.01. The molecule has 4 nitrogen and oxygen atoms in total. The molecule has 0 unspecified atom stereocenters. The predicted molar refractivity (Wildman–Crippen MR) is 62.6 cm³/mol. The van der Waals surface area contributed by atoms with Crippen LogP contribution in [0.5, 0.6) is 0 Å². The molecule has 0 atom stereocenters. The van der Waals surface area contributed by atoms with Gasteiger partial charge in [0.25, 0.3) is 0 Å². The molecule has 4 heteroatoms. The molecule has 0 spiro atoms. The maximum atomic E-state index is 2.46. The second-order valence-electron chi connectivity index (χ2n) is 4.19. The number of quaternary nitrogens is 4. The molecular weight excluding hydrogens is 188 g/mol. The SMILES string of the molecule is C[NH2+]CCC[NH2+]CCC[NH2+]CCC[NH2+]C. The Hall–Kier alpha value is -0.160. The first kappa shape index (κ1) is 14.8. The second-order valence-corrected chi connectivity index (χ2v) is 4.19. The Morgan fingerprint density at radius 3 is 1.20 bits per heavy atom. The molecule has 0 aromatic heterocycles. The minimum absolute atomic E-state index is 1.27. The van der Waals surface area contributed by atoms with Gasteiger partial charge in [-0.25, -0.2) is 0 Å². The molecule has 15 heavy (non-hydrogen) atoms. The van der Waals surface area contributed by atoms with Gasteiger partial charge in [0.1, 0.15) is 0 Å². The molecule has 0 aromatic rings. The van der Waals surface area contributed by atoms with Crippen molar-refractivity contribution in [3.8, 4) is 0 Å². The van der Waals surface area contributed by atoms with Crippen LogP contribution in [0.15, 0.2) is 0 Å². The Balaban J connectivity index is 2.81. The highest BCUT2D eigenvalue weighted by Crippen LogP contribution is 1.64. The van der Waals surface area contributed by atoms with Gasteiger partial charge in [-0.3, -0.25) is 0 Å². The van der Waals surface area contributed by atoms with Crippen LogP contribution in [0.3, 0.4) is 0 Å². The first-order chi connectivity index (χ1) is 7.41. The summed E-state index contributed by atoms with van der Waals surface area (Å²) in [6.45, 7) is 7.76. The van der Waals surface area contributed by atoms with E-state index in [4.69, 9.17) is 0 Å². The van der Waals surface area contributed by atoms with Crippen LogP contribution in [0.1, 0.15) is 19.3 Å². The van der Waals surface area contributed by atoms with Crippen LogP contribution >= 0.6 is 0 Å². The topological polar surface area (TPSA) is 66.4 Å². The van der Waals surface area contributed by atoms with Crippen LogP contribution < -0.4 is 21.3 Å². The summed E-state index contributed by atoms with van der Waals surface area (Å²) in [7, 11) is 4.28. The van der Waals surface area contributed by atoms with Crippen LogP contribution in [0.2, 0.25) is 0 Å². The lowest BCUT2D eigenvalue weighted by molar-refractivity contribution is -0.690. The van der Waals surface area contributed by atoms with Crippen molar-refractivity contribution in [1.29, 1.82) is 0 Å². The second kappa shape index (κ2) is 13.8. The number of hydrogen-bond acceptors (Lipinski definition) is 0. The predicted octanol–water partition coefficient (Wildman–Crippen LogP) is -4.33. The molecule has 0 saturated carbocycles. The number of hydrogen-bond donors (Lipinski definition) is 4. The summed E-state index contributed by atoms with van der Waals surface area (Å²) in [5.41, 5.74) is 0. The average Bonchev–Trinajstić information content (AvgIpc) is 2.26. The molecular formula is C11H32N4+4. The Bertz CT molecular complexity index is 96.8. The van der Waals surface area contributed by atoms with E-state index in [1.54, 1.807) is 0 Å². The van der Waals surface area contributed by atoms with Gasteiger partial charge in [0, 0.05) is 19.3 Å². The minimum Gasteiger partial charge on any atom is -0.349 e. The van der Waals surface area contributed by atoms with E-state index in [-0.39, 0.29) is 0 Å². The van der Waals surface area contributed by atoms with Gasteiger partial charge in [-0.1, -0.05) is 0 Å². The standard InChI is InChI=1S/C11H28N4/c1-12-6-3-8-14-10-5-11-15-9-4-7-13-2/h12-15H,3-11H2,1-2H3/p+4. The lowest BCUT2D eigenvalue weighted by atomic mass is 10.3. The van der Waals surface area contributed by atoms with Gasteiger partial charge in [0.15, 0.2) is 0 Å². The first-order valence-electron chi connectivity index (χ1n) is 6.60. The number of nitrogens with two attached hydrogens (primary N) is 4. The van der Waals surface area contributed by atoms with Crippen molar-refractivity contribution < 1.29 is 21.3 Å². The fourth-order valence-electron chi connectivity index (χ4n) is 1.63. The maximum absolute atomic E-state index is 2.46. The monoisotopic (exact) mass is 220 g/mol. The summed E-state index contributed by atoms with van der Waals surface area (Å²) in [6.07, 6.45) is 4.03. The zero-order valence-corrected chi connectivity index (χ0v) is 10.7. The highest BCUT2D eigenvalue weighted by Gasteiger charge is 1.95. The van der Waals surface area contributed by atoms with Crippen molar-refractivity contribution in [1.82, 2.24) is 0 Å². The van der Waals surface area contributed by atoms with E-state index >= 15 is 0 Å². The molecule has 0 saturated heterocycles. The van der Waals surface area contributed by atoms with E-state index in [0.717, 1.165) is 0 Å². The fraction of sp³-hybridized carbons (Fsp3) is 1.00. The third-order valence-electron chi connectivity index (χ3n) is 2.62. The summed E-state index contributed by atoms with van der Waals surface area (Å²) in [4.78, 5) is 0. The zero-order valence-electron chi connectivity index (χ0n) is 10.7. The van der Waals surface area contributed by atoms with E-state index in [9.17, 15) is 0 Å². The first-order valence-corrected chi connectivity index (χ1v) is 6.60. The highest BCUT2D eigenvalue weighted by molar-refractivity contribution is 4.30. The smallest absolute Gasteiger partial charge is 0.0809 e. The Morgan fingerprint density at radius 2 is 0.867 bits per heavy atom. The largest absolute Gasteiger partial charge is 0.349 e. The van der Waals surface area contributed by atoms with Gasteiger partial charge >= 0.3 is 0 Å². The Kier molecular flexibility index (Phi) is 13.7. The van der Waals surface area contributed by atoms with Crippen molar-refractivity contribution in [2.45, 2.75) is 19.3 Å². The van der Waals surface area contributed by atoms with Crippen molar-refractivity contribution in [3.63, 3.8) is 0 Å². The molecule has 0 rings (SSSR count). The van der Waals surface area contributed by atoms with E-state index in [2.05, 4.69) is 35.4 Å². The molecule has 0 heterocycles. The summed E-state index contributed by atoms with van der Waals surface area (Å²) in [6, 6.07) is 0. The minimum atomic E-state index is 1.27. The third-order valence-corrected chi connectivity index (χ3v) is 2.62. The molecule has 0 aromatic carbocycles. The zero-order chi connectivity index (χ0) is 11.2. The number of rotatable bonds is 12. The molecule has 0 bridgehead atoms. The van der Waals surface area contributed by atoms with Crippen molar-refractivity contribution in [2.24, 2.45) is 0 Å². The molecule has 0 aliphatic rings. The van der Waals surface area contributed by atoms with Crippen LogP contribution in [0.25, 0.3) is 0 Å². The average molecular weight is 220 g/mol. The van der Waals surface area contributed by atoms with E-state index in [1.165, 1.54) is 58.5 Å². The van der Waals surface area contributed by atoms with Crippen molar-refractivity contribution in [3.05, 3.63) is 0 Å². The maximum Gasteiger partial charge on any atom is 0.0809 e. The van der Waals surface area contributed by atoms with Crippen LogP contribution in [0, 0.1) is 0 Å². The fourth-order valence-corrected chi connectivity index (χ4v) is 1.63. The van der Waals surface area contributed by atoms with Crippen LogP contribution in [-0.4, -0.2) is 53.4 Å². The molecule has 0 radical (unpaired) electrons. The van der Waals surface area contributed by atoms with E-state index in [1.807, 2.05) is 0 Å².